The molecule has 4 aromatic rings. The summed E-state index contributed by atoms with van der Waals surface area (Å²) in [6, 6.07) is 21.0. The smallest absolute Gasteiger partial charge is 0.175 e. The van der Waals surface area contributed by atoms with Crippen LogP contribution in [-0.4, -0.2) is 24.5 Å². The van der Waals surface area contributed by atoms with Crippen molar-refractivity contribution in [2.45, 2.75) is 4.90 Å². The number of aromatic nitrogens is 2. The third-order valence-corrected chi connectivity index (χ3v) is 6.59. The van der Waals surface area contributed by atoms with Gasteiger partial charge in [0.1, 0.15) is 0 Å². The molecule has 0 aliphatic rings. The molecule has 0 aliphatic carbocycles. The summed E-state index contributed by atoms with van der Waals surface area (Å²) in [5, 5.41) is 6.34. The molecular formula is C22H15Cl3N2O2S. The Morgan fingerprint density at radius 3 is 2.00 bits per heavy atom. The lowest BCUT2D eigenvalue weighted by molar-refractivity contribution is 0.602. The van der Waals surface area contributed by atoms with Crippen LogP contribution in [0.2, 0.25) is 15.1 Å². The molecule has 4 nitrogen and oxygen atoms in total. The van der Waals surface area contributed by atoms with Crippen LogP contribution >= 0.6 is 34.8 Å². The van der Waals surface area contributed by atoms with E-state index in [-0.39, 0.29) is 4.90 Å². The molecule has 1 heterocycles. The van der Waals surface area contributed by atoms with E-state index < -0.39 is 9.84 Å². The Bertz CT molecular complexity index is 1310. The van der Waals surface area contributed by atoms with Crippen LogP contribution in [0.1, 0.15) is 0 Å². The molecule has 8 heteroatoms. The number of nitrogens with zero attached hydrogens (tertiary/aromatic N) is 2. The molecule has 4 rings (SSSR count). The SMILES string of the molecule is CS(=O)(=O)c1ccc(-n2nc(-c3ccc(Cl)cc3)cc2-c2c(Cl)cccc2Cl)cc1. The highest BCUT2D eigenvalue weighted by Gasteiger charge is 2.18. The molecule has 0 atom stereocenters. The van der Waals surface area contributed by atoms with Crippen molar-refractivity contribution in [3.05, 3.63) is 87.9 Å². The van der Waals surface area contributed by atoms with Crippen LogP contribution in [0.4, 0.5) is 0 Å². The van der Waals surface area contributed by atoms with Crippen molar-refractivity contribution in [2.24, 2.45) is 0 Å². The van der Waals surface area contributed by atoms with Crippen LogP contribution in [-0.2, 0) is 9.84 Å². The van der Waals surface area contributed by atoms with Gasteiger partial charge in [-0.2, -0.15) is 5.10 Å². The fourth-order valence-corrected chi connectivity index (χ4v) is 4.44. The van der Waals surface area contributed by atoms with Gasteiger partial charge < -0.3 is 0 Å². The lowest BCUT2D eigenvalue weighted by Crippen LogP contribution is -2.02. The molecule has 0 saturated heterocycles. The fourth-order valence-electron chi connectivity index (χ4n) is 3.09. The highest BCUT2D eigenvalue weighted by atomic mass is 35.5. The van der Waals surface area contributed by atoms with E-state index in [0.717, 1.165) is 5.56 Å². The fraction of sp³-hybridized carbons (Fsp3) is 0.0455. The molecule has 30 heavy (non-hydrogen) atoms. The summed E-state index contributed by atoms with van der Waals surface area (Å²) in [6.07, 6.45) is 1.17. The van der Waals surface area contributed by atoms with Crippen molar-refractivity contribution in [3.63, 3.8) is 0 Å². The van der Waals surface area contributed by atoms with Gasteiger partial charge in [0, 0.05) is 22.4 Å². The van der Waals surface area contributed by atoms with Crippen LogP contribution in [0.3, 0.4) is 0 Å². The van der Waals surface area contributed by atoms with E-state index >= 15 is 0 Å². The minimum atomic E-state index is -3.30. The molecule has 0 unspecified atom stereocenters. The van der Waals surface area contributed by atoms with E-state index in [4.69, 9.17) is 39.9 Å². The Kier molecular flexibility index (Phi) is 5.64. The minimum absolute atomic E-state index is 0.230. The van der Waals surface area contributed by atoms with Crippen LogP contribution in [0.5, 0.6) is 0 Å². The second-order valence-electron chi connectivity index (χ2n) is 6.70. The van der Waals surface area contributed by atoms with Crippen LogP contribution in [0.15, 0.2) is 77.7 Å². The second-order valence-corrected chi connectivity index (χ2v) is 9.96. The summed E-state index contributed by atoms with van der Waals surface area (Å²) in [5.41, 5.74) is 3.57. The maximum Gasteiger partial charge on any atom is 0.175 e. The van der Waals surface area contributed by atoms with E-state index in [9.17, 15) is 8.42 Å². The van der Waals surface area contributed by atoms with Crippen LogP contribution < -0.4 is 0 Å². The van der Waals surface area contributed by atoms with Crippen molar-refractivity contribution in [1.82, 2.24) is 9.78 Å². The summed E-state index contributed by atoms with van der Waals surface area (Å²) in [7, 11) is -3.30. The number of benzene rings is 3. The lowest BCUT2D eigenvalue weighted by Gasteiger charge is -2.11. The van der Waals surface area contributed by atoms with Gasteiger partial charge in [0.15, 0.2) is 9.84 Å². The highest BCUT2D eigenvalue weighted by Crippen LogP contribution is 2.38. The number of hydrogen-bond donors (Lipinski definition) is 0. The molecule has 0 amide bonds. The number of rotatable bonds is 4. The summed E-state index contributed by atoms with van der Waals surface area (Å²) in [4.78, 5) is 0.230. The van der Waals surface area contributed by atoms with Gasteiger partial charge in [-0.05, 0) is 54.6 Å². The summed E-state index contributed by atoms with van der Waals surface area (Å²) in [6.45, 7) is 0. The van der Waals surface area contributed by atoms with Gasteiger partial charge in [-0.25, -0.2) is 13.1 Å². The molecule has 3 aromatic carbocycles. The monoisotopic (exact) mass is 476 g/mol. The maximum atomic E-state index is 11.8. The standard InChI is InChI=1S/C22H15Cl3N2O2S/c1-30(28,29)17-11-9-16(10-12-17)27-21(22-18(24)3-2-4-19(22)25)13-20(26-27)14-5-7-15(23)8-6-14/h2-13H,1H3. The molecule has 0 aliphatic heterocycles. The van der Waals surface area contributed by atoms with E-state index in [1.807, 2.05) is 18.2 Å². The number of sulfone groups is 1. The molecule has 0 spiro atoms. The summed E-state index contributed by atoms with van der Waals surface area (Å²) >= 11 is 18.9. The molecule has 152 valence electrons. The molecule has 0 saturated carbocycles. The van der Waals surface area contributed by atoms with E-state index in [2.05, 4.69) is 0 Å². The average molecular weight is 478 g/mol. The van der Waals surface area contributed by atoms with Crippen molar-refractivity contribution < 1.29 is 8.42 Å². The van der Waals surface area contributed by atoms with Gasteiger partial charge in [0.25, 0.3) is 0 Å². The Morgan fingerprint density at radius 2 is 1.43 bits per heavy atom. The zero-order valence-electron chi connectivity index (χ0n) is 15.7. The van der Waals surface area contributed by atoms with Crippen LogP contribution in [0, 0.1) is 0 Å². The Morgan fingerprint density at radius 1 is 0.833 bits per heavy atom. The molecule has 0 fully saturated rings. The van der Waals surface area contributed by atoms with Gasteiger partial charge in [0.2, 0.25) is 0 Å². The van der Waals surface area contributed by atoms with Crippen LogP contribution in [0.25, 0.3) is 28.2 Å². The maximum absolute atomic E-state index is 11.8. The van der Waals surface area contributed by atoms with Crippen molar-refractivity contribution in [3.8, 4) is 28.2 Å². The van der Waals surface area contributed by atoms with E-state index in [1.54, 1.807) is 59.3 Å². The quantitative estimate of drug-likeness (QED) is 0.334. The summed E-state index contributed by atoms with van der Waals surface area (Å²) in [5.74, 6) is 0. The zero-order chi connectivity index (χ0) is 21.5. The largest absolute Gasteiger partial charge is 0.232 e. The molecule has 0 N–H and O–H groups in total. The first-order valence-corrected chi connectivity index (χ1v) is 11.9. The lowest BCUT2D eigenvalue weighted by atomic mass is 10.1. The van der Waals surface area contributed by atoms with E-state index in [0.29, 0.717) is 37.7 Å². The van der Waals surface area contributed by atoms with Gasteiger partial charge in [-0.15, -0.1) is 0 Å². The molecule has 0 radical (unpaired) electrons. The Balaban J connectivity index is 1.93. The topological polar surface area (TPSA) is 52.0 Å². The highest BCUT2D eigenvalue weighted by molar-refractivity contribution is 7.90. The number of halogens is 3. The number of hydrogen-bond acceptors (Lipinski definition) is 3. The first-order valence-electron chi connectivity index (χ1n) is 8.85. The van der Waals surface area contributed by atoms with Crippen molar-refractivity contribution in [1.29, 1.82) is 0 Å². The third kappa shape index (κ3) is 4.12. The third-order valence-electron chi connectivity index (χ3n) is 4.58. The molecule has 0 bridgehead atoms. The van der Waals surface area contributed by atoms with Gasteiger partial charge in [0.05, 0.1) is 32.0 Å². The molecule has 1 aromatic heterocycles. The first kappa shape index (κ1) is 20.9. The van der Waals surface area contributed by atoms with Gasteiger partial charge in [-0.3, -0.25) is 0 Å². The Labute approximate surface area is 189 Å². The van der Waals surface area contributed by atoms with Crippen molar-refractivity contribution in [2.75, 3.05) is 6.26 Å². The average Bonchev–Trinajstić information content (AvgIpc) is 3.13. The second kappa shape index (κ2) is 8.08. The van der Waals surface area contributed by atoms with Crippen molar-refractivity contribution >= 4 is 44.6 Å². The van der Waals surface area contributed by atoms with Gasteiger partial charge >= 0.3 is 0 Å². The van der Waals surface area contributed by atoms with E-state index in [1.165, 1.54) is 6.26 Å². The summed E-state index contributed by atoms with van der Waals surface area (Å²) < 4.78 is 25.3. The van der Waals surface area contributed by atoms with Gasteiger partial charge in [-0.1, -0.05) is 53.0 Å². The predicted octanol–water partition coefficient (Wildman–Crippen LogP) is 6.57. The zero-order valence-corrected chi connectivity index (χ0v) is 18.8. The minimum Gasteiger partial charge on any atom is -0.232 e. The predicted molar refractivity (Wildman–Crippen MR) is 123 cm³/mol. The Hall–Kier alpha value is -2.31. The normalized spacial score (nSPS) is 11.6. The molecular weight excluding hydrogens is 463 g/mol. The first-order chi connectivity index (χ1) is 14.2.